The molecule has 2 N–H and O–H groups in total. The lowest BCUT2D eigenvalue weighted by molar-refractivity contribution is 0.0170. The summed E-state index contributed by atoms with van der Waals surface area (Å²) < 4.78 is 11.3. The quantitative estimate of drug-likeness (QED) is 0.342. The molecule has 0 spiro atoms. The molecule has 0 saturated carbocycles. The number of hydrogen-bond acceptors (Lipinski definition) is 4. The van der Waals surface area contributed by atoms with E-state index in [1.54, 1.807) is 0 Å². The van der Waals surface area contributed by atoms with Crippen LogP contribution >= 0.6 is 0 Å². The van der Waals surface area contributed by atoms with Gasteiger partial charge in [0.15, 0.2) is 5.96 Å². The maximum Gasteiger partial charge on any atom is 0.407 e. The number of carbonyl (C=O) groups excluding carboxylic acids is 1. The molecular formula is C25H42N4O3. The van der Waals surface area contributed by atoms with Crippen LogP contribution in [0.2, 0.25) is 0 Å². The lowest BCUT2D eigenvalue weighted by atomic mass is 10.1. The van der Waals surface area contributed by atoms with Gasteiger partial charge in [-0.2, -0.15) is 0 Å². The fourth-order valence-corrected chi connectivity index (χ4v) is 3.53. The number of amides is 1. The molecule has 0 radical (unpaired) electrons. The van der Waals surface area contributed by atoms with Crippen molar-refractivity contribution in [3.63, 3.8) is 0 Å². The number of aliphatic imine (C=N–C) groups is 1. The van der Waals surface area contributed by atoms with Crippen LogP contribution in [0.1, 0.15) is 58.1 Å². The second kappa shape index (κ2) is 13.3. The Kier molecular flexibility index (Phi) is 10.8. The van der Waals surface area contributed by atoms with Crippen molar-refractivity contribution in [2.75, 3.05) is 39.3 Å². The van der Waals surface area contributed by atoms with Gasteiger partial charge >= 0.3 is 6.09 Å². The van der Waals surface area contributed by atoms with Crippen LogP contribution in [-0.4, -0.2) is 68.0 Å². The highest BCUT2D eigenvalue weighted by Crippen LogP contribution is 2.14. The number of piperidine rings is 1. The van der Waals surface area contributed by atoms with Gasteiger partial charge in [-0.25, -0.2) is 4.79 Å². The summed E-state index contributed by atoms with van der Waals surface area (Å²) in [5, 5.41) is 6.21. The van der Waals surface area contributed by atoms with Crippen LogP contribution in [0.4, 0.5) is 4.79 Å². The number of nitrogens with zero attached hydrogens (tertiary/aromatic N) is 2. The highest BCUT2D eigenvalue weighted by atomic mass is 16.6. The van der Waals surface area contributed by atoms with E-state index >= 15 is 0 Å². The zero-order chi connectivity index (χ0) is 23.4. The van der Waals surface area contributed by atoms with Gasteiger partial charge in [-0.1, -0.05) is 29.8 Å². The summed E-state index contributed by atoms with van der Waals surface area (Å²) in [6.07, 6.45) is 3.60. The summed E-state index contributed by atoms with van der Waals surface area (Å²) in [5.41, 5.74) is 2.14. The number of likely N-dealkylation sites (tertiary alicyclic amines) is 1. The van der Waals surface area contributed by atoms with Crippen LogP contribution in [0.5, 0.6) is 0 Å². The monoisotopic (exact) mass is 446 g/mol. The third-order valence-electron chi connectivity index (χ3n) is 5.20. The lowest BCUT2D eigenvalue weighted by Crippen LogP contribution is -2.47. The van der Waals surface area contributed by atoms with Gasteiger partial charge in [0.2, 0.25) is 0 Å². The van der Waals surface area contributed by atoms with E-state index < -0.39 is 5.60 Å². The third-order valence-corrected chi connectivity index (χ3v) is 5.20. The maximum absolute atomic E-state index is 11.6. The van der Waals surface area contributed by atoms with Crippen LogP contribution < -0.4 is 10.6 Å². The Morgan fingerprint density at radius 2 is 1.84 bits per heavy atom. The van der Waals surface area contributed by atoms with E-state index in [9.17, 15) is 4.79 Å². The number of nitrogens with one attached hydrogen (secondary N) is 2. The highest BCUT2D eigenvalue weighted by molar-refractivity contribution is 5.80. The molecule has 1 aliphatic heterocycles. The number of benzene rings is 1. The molecule has 1 fully saturated rings. The fourth-order valence-electron chi connectivity index (χ4n) is 3.53. The number of rotatable bonds is 9. The average molecular weight is 447 g/mol. The normalized spacial score (nSPS) is 15.5. The third kappa shape index (κ3) is 10.4. The van der Waals surface area contributed by atoms with Gasteiger partial charge in [0, 0.05) is 39.3 Å². The zero-order valence-corrected chi connectivity index (χ0v) is 20.6. The van der Waals surface area contributed by atoms with E-state index in [4.69, 9.17) is 14.5 Å². The number of aryl methyl sites for hydroxylation is 1. The molecule has 1 aliphatic rings. The Bertz CT molecular complexity index is 705. The number of carbonyl (C=O) groups is 1. The van der Waals surface area contributed by atoms with Gasteiger partial charge in [0.1, 0.15) is 5.60 Å². The van der Waals surface area contributed by atoms with Crippen molar-refractivity contribution in [3.8, 4) is 0 Å². The number of alkyl carbamates (subject to hydrolysis) is 1. The van der Waals surface area contributed by atoms with Crippen LogP contribution in [0.15, 0.2) is 29.3 Å². The smallest absolute Gasteiger partial charge is 0.407 e. The van der Waals surface area contributed by atoms with E-state index in [1.165, 1.54) is 11.1 Å². The van der Waals surface area contributed by atoms with Crippen LogP contribution in [0, 0.1) is 6.92 Å². The molecule has 1 aromatic carbocycles. The molecule has 32 heavy (non-hydrogen) atoms. The van der Waals surface area contributed by atoms with Crippen LogP contribution in [0.25, 0.3) is 0 Å². The molecule has 7 heteroatoms. The summed E-state index contributed by atoms with van der Waals surface area (Å²) >= 11 is 0. The summed E-state index contributed by atoms with van der Waals surface area (Å²) in [5.74, 6) is 1.000. The molecule has 1 heterocycles. The number of hydrogen-bond donors (Lipinski definition) is 2. The van der Waals surface area contributed by atoms with E-state index in [1.807, 2.05) is 20.8 Å². The largest absolute Gasteiger partial charge is 0.444 e. The number of ether oxygens (including phenoxy) is 2. The summed E-state index contributed by atoms with van der Waals surface area (Å²) in [4.78, 5) is 18.8. The minimum absolute atomic E-state index is 0.267. The molecular weight excluding hydrogens is 404 g/mol. The van der Waals surface area contributed by atoms with Gasteiger partial charge in [0.25, 0.3) is 0 Å². The topological polar surface area (TPSA) is 75.2 Å². The highest BCUT2D eigenvalue weighted by Gasteiger charge is 2.22. The number of guanidine groups is 1. The standard InChI is InChI=1S/C25H42N4O3/c1-6-26-23(27-16-12-21-10-8-20(2)9-11-21)29-17-13-22(14-18-29)31-19-7-15-28-24(30)32-25(3,4)5/h8-11,22H,6-7,12-19H2,1-5H3,(H,26,27)(H,28,30). The van der Waals surface area contributed by atoms with Crippen molar-refractivity contribution >= 4 is 12.1 Å². The second-order valence-electron chi connectivity index (χ2n) is 9.31. The SMILES string of the molecule is CCNC(=NCCc1ccc(C)cc1)N1CCC(OCCCNC(=O)OC(C)(C)C)CC1. The van der Waals surface area contributed by atoms with Crippen molar-refractivity contribution in [3.05, 3.63) is 35.4 Å². The molecule has 7 nitrogen and oxygen atoms in total. The molecule has 1 amide bonds. The van der Waals surface area contributed by atoms with Gasteiger partial charge in [-0.05, 0) is 65.9 Å². The first-order chi connectivity index (χ1) is 15.3. The Balaban J connectivity index is 1.65. The Labute approximate surface area is 194 Å². The van der Waals surface area contributed by atoms with Crippen LogP contribution in [-0.2, 0) is 15.9 Å². The van der Waals surface area contributed by atoms with Crippen molar-refractivity contribution in [2.24, 2.45) is 4.99 Å². The zero-order valence-electron chi connectivity index (χ0n) is 20.6. The minimum Gasteiger partial charge on any atom is -0.444 e. The molecule has 0 aliphatic carbocycles. The van der Waals surface area contributed by atoms with E-state index in [0.717, 1.165) is 57.8 Å². The predicted molar refractivity (Wildman–Crippen MR) is 130 cm³/mol. The molecule has 0 atom stereocenters. The Morgan fingerprint density at radius 3 is 2.47 bits per heavy atom. The molecule has 2 rings (SSSR count). The fraction of sp³-hybridized carbons (Fsp3) is 0.680. The molecule has 1 aromatic rings. The molecule has 180 valence electrons. The molecule has 0 aromatic heterocycles. The average Bonchev–Trinajstić information content (AvgIpc) is 2.73. The lowest BCUT2D eigenvalue weighted by Gasteiger charge is -2.34. The summed E-state index contributed by atoms with van der Waals surface area (Å²) in [7, 11) is 0. The first kappa shape index (κ1) is 26.0. The first-order valence-corrected chi connectivity index (χ1v) is 11.9. The Hall–Kier alpha value is -2.28. The maximum atomic E-state index is 11.6. The van der Waals surface area contributed by atoms with Gasteiger partial charge in [0.05, 0.1) is 6.10 Å². The van der Waals surface area contributed by atoms with Crippen molar-refractivity contribution in [1.82, 2.24) is 15.5 Å². The molecule has 0 bridgehead atoms. The van der Waals surface area contributed by atoms with Crippen molar-refractivity contribution in [1.29, 1.82) is 0 Å². The van der Waals surface area contributed by atoms with Crippen molar-refractivity contribution in [2.45, 2.75) is 72.0 Å². The Morgan fingerprint density at radius 1 is 1.16 bits per heavy atom. The van der Waals surface area contributed by atoms with Crippen LogP contribution in [0.3, 0.4) is 0 Å². The van der Waals surface area contributed by atoms with Gasteiger partial charge < -0.3 is 25.0 Å². The van der Waals surface area contributed by atoms with E-state index in [0.29, 0.717) is 13.2 Å². The van der Waals surface area contributed by atoms with E-state index in [-0.39, 0.29) is 12.2 Å². The van der Waals surface area contributed by atoms with Gasteiger partial charge in [-0.15, -0.1) is 0 Å². The molecule has 1 saturated heterocycles. The predicted octanol–water partition coefficient (Wildman–Crippen LogP) is 3.90. The van der Waals surface area contributed by atoms with Gasteiger partial charge in [-0.3, -0.25) is 4.99 Å². The summed E-state index contributed by atoms with van der Waals surface area (Å²) in [6.45, 7) is 14.5. The molecule has 0 unspecified atom stereocenters. The minimum atomic E-state index is -0.468. The van der Waals surface area contributed by atoms with E-state index in [2.05, 4.69) is 53.6 Å². The first-order valence-electron chi connectivity index (χ1n) is 11.9. The second-order valence-corrected chi connectivity index (χ2v) is 9.31. The summed E-state index contributed by atoms with van der Waals surface area (Å²) in [6, 6.07) is 8.68. The van der Waals surface area contributed by atoms with Crippen molar-refractivity contribution < 1.29 is 14.3 Å².